The van der Waals surface area contributed by atoms with E-state index in [0.29, 0.717) is 5.75 Å². The average Bonchev–Trinajstić information content (AvgIpc) is 2.34. The maximum absolute atomic E-state index is 11.8. The van der Waals surface area contributed by atoms with E-state index in [4.69, 9.17) is 0 Å². The van der Waals surface area contributed by atoms with Gasteiger partial charge in [-0.25, -0.2) is 8.78 Å². The second-order valence-electron chi connectivity index (χ2n) is 1.73. The fraction of sp³-hybridized carbons (Fsp3) is 0.333. The fourth-order valence-corrected chi connectivity index (χ4v) is 0.589. The Bertz CT molecular complexity index is 209. The predicted molar refractivity (Wildman–Crippen MR) is 31.3 cm³/mol. The first-order chi connectivity index (χ1) is 4.74. The predicted octanol–water partition coefficient (Wildman–Crippen LogP) is 1.59. The minimum atomic E-state index is -2.51. The number of halogens is 2. The van der Waals surface area contributed by atoms with E-state index in [2.05, 4.69) is 9.72 Å². The van der Waals surface area contributed by atoms with Crippen molar-refractivity contribution >= 4 is 0 Å². The Morgan fingerprint density at radius 3 is 2.60 bits per heavy atom. The van der Waals surface area contributed by atoms with Gasteiger partial charge in [0.15, 0.2) is 0 Å². The largest absolute Gasteiger partial charge is 0.660 e. The van der Waals surface area contributed by atoms with Gasteiger partial charge in [-0.15, -0.1) is 6.20 Å². The monoisotopic (exact) mass is 146 g/mol. The molecule has 0 saturated heterocycles. The van der Waals surface area contributed by atoms with E-state index in [9.17, 15) is 8.78 Å². The smallest absolute Gasteiger partial charge is 0.244 e. The highest BCUT2D eigenvalue weighted by Gasteiger charge is 2.00. The highest BCUT2D eigenvalue weighted by atomic mass is 19.3. The van der Waals surface area contributed by atoms with E-state index in [1.54, 1.807) is 0 Å². The molecule has 1 heterocycles. The molecule has 1 aromatic rings. The van der Waals surface area contributed by atoms with Crippen molar-refractivity contribution in [3.63, 3.8) is 0 Å². The Morgan fingerprint density at radius 1 is 1.60 bits per heavy atom. The van der Waals surface area contributed by atoms with Crippen molar-refractivity contribution in [3.8, 4) is 5.75 Å². The maximum Gasteiger partial charge on any atom is 0.244 e. The van der Waals surface area contributed by atoms with Crippen molar-refractivity contribution in [1.82, 2.24) is 4.98 Å². The lowest BCUT2D eigenvalue weighted by atomic mass is 10.4. The lowest BCUT2D eigenvalue weighted by molar-refractivity contribution is 0.146. The van der Waals surface area contributed by atoms with Crippen LogP contribution in [0.1, 0.15) is 12.1 Å². The highest BCUT2D eigenvalue weighted by molar-refractivity contribution is 5.22. The van der Waals surface area contributed by atoms with Crippen molar-refractivity contribution in [2.45, 2.75) is 6.43 Å². The number of hydrogen-bond donors (Lipinski definition) is 0. The molecule has 2 nitrogen and oxygen atoms in total. The summed E-state index contributed by atoms with van der Waals surface area (Å²) in [7, 11) is 1.41. The van der Waals surface area contributed by atoms with E-state index < -0.39 is 6.43 Å². The third kappa shape index (κ3) is 1.26. The number of rotatable bonds is 2. The molecule has 0 fully saturated rings. The number of nitrogens with zero attached hydrogens (tertiary/aromatic N) is 1. The van der Waals surface area contributed by atoms with Crippen LogP contribution in [-0.4, -0.2) is 7.11 Å². The molecule has 0 aliphatic heterocycles. The number of ether oxygens (including phenoxy) is 1. The molecule has 0 N–H and O–H groups in total. The van der Waals surface area contributed by atoms with Crippen LogP contribution >= 0.6 is 0 Å². The van der Waals surface area contributed by atoms with Gasteiger partial charge in [0.1, 0.15) is 0 Å². The van der Waals surface area contributed by atoms with Gasteiger partial charge in [-0.2, -0.15) is 0 Å². The van der Waals surface area contributed by atoms with Gasteiger partial charge in [-0.1, -0.05) is 5.69 Å². The molecule has 0 radical (unpaired) electrons. The Kier molecular flexibility index (Phi) is 1.89. The summed E-state index contributed by atoms with van der Waals surface area (Å²) in [5.74, 6) is 0.371. The van der Waals surface area contributed by atoms with Crippen LogP contribution < -0.4 is 9.72 Å². The van der Waals surface area contributed by atoms with Crippen molar-refractivity contribution < 1.29 is 13.5 Å². The number of alkyl halides is 2. The molecule has 0 aliphatic carbocycles. The van der Waals surface area contributed by atoms with Crippen molar-refractivity contribution in [2.75, 3.05) is 7.11 Å². The lowest BCUT2D eigenvalue weighted by Gasteiger charge is -2.00. The SMILES string of the molecule is COc1c[n-]c(C(F)F)c1. The molecule has 0 unspecified atom stereocenters. The summed E-state index contributed by atoms with van der Waals surface area (Å²) in [6.45, 7) is 0. The number of methoxy groups -OCH3 is 1. The summed E-state index contributed by atoms with van der Waals surface area (Å²) < 4.78 is 28.2. The van der Waals surface area contributed by atoms with E-state index in [-0.39, 0.29) is 5.69 Å². The van der Waals surface area contributed by atoms with Gasteiger partial charge in [0, 0.05) is 0 Å². The lowest BCUT2D eigenvalue weighted by Crippen LogP contribution is -1.82. The van der Waals surface area contributed by atoms with Crippen LogP contribution in [0, 0.1) is 0 Å². The Labute approximate surface area is 56.8 Å². The van der Waals surface area contributed by atoms with Crippen LogP contribution in [0.2, 0.25) is 0 Å². The fourth-order valence-electron chi connectivity index (χ4n) is 0.589. The van der Waals surface area contributed by atoms with Gasteiger partial charge in [0.25, 0.3) is 0 Å². The van der Waals surface area contributed by atoms with Gasteiger partial charge in [-0.3, -0.25) is 0 Å². The molecule has 0 aliphatic rings. The summed E-state index contributed by atoms with van der Waals surface area (Å²) in [6.07, 6.45) is -1.24. The molecule has 56 valence electrons. The molecule has 0 aromatic carbocycles. The van der Waals surface area contributed by atoms with Crippen LogP contribution in [0.4, 0.5) is 8.78 Å². The molecule has 1 aromatic heterocycles. The first kappa shape index (κ1) is 7.05. The molecule has 0 amide bonds. The summed E-state index contributed by atoms with van der Waals surface area (Å²) in [5.41, 5.74) is -0.239. The van der Waals surface area contributed by atoms with Crippen LogP contribution in [0.3, 0.4) is 0 Å². The van der Waals surface area contributed by atoms with Crippen LogP contribution in [0.5, 0.6) is 5.75 Å². The minimum absolute atomic E-state index is 0.239. The van der Waals surface area contributed by atoms with Gasteiger partial charge >= 0.3 is 0 Å². The van der Waals surface area contributed by atoms with E-state index in [1.165, 1.54) is 19.4 Å². The van der Waals surface area contributed by atoms with Gasteiger partial charge < -0.3 is 9.72 Å². The van der Waals surface area contributed by atoms with E-state index in [0.717, 1.165) is 0 Å². The van der Waals surface area contributed by atoms with Gasteiger partial charge in [0.05, 0.1) is 12.9 Å². The van der Waals surface area contributed by atoms with Crippen LogP contribution in [0.15, 0.2) is 12.3 Å². The Morgan fingerprint density at radius 2 is 2.30 bits per heavy atom. The molecule has 10 heavy (non-hydrogen) atoms. The Hall–Kier alpha value is -1.06. The number of hydrogen-bond acceptors (Lipinski definition) is 1. The normalized spacial score (nSPS) is 10.4. The zero-order valence-electron chi connectivity index (χ0n) is 5.34. The summed E-state index contributed by atoms with van der Waals surface area (Å²) in [6, 6.07) is 1.21. The van der Waals surface area contributed by atoms with Crippen molar-refractivity contribution in [1.29, 1.82) is 0 Å². The average molecular weight is 146 g/mol. The molecule has 4 heteroatoms. The standard InChI is InChI=1S/C6H6F2NO/c1-10-4-2-5(6(7)8)9-3-4/h2-3,6H,1H3/q-1. The van der Waals surface area contributed by atoms with Gasteiger partial charge in [0.2, 0.25) is 6.43 Å². The van der Waals surface area contributed by atoms with Crippen molar-refractivity contribution in [2.24, 2.45) is 0 Å². The minimum Gasteiger partial charge on any atom is -0.660 e. The Balaban J connectivity index is 2.78. The zero-order valence-corrected chi connectivity index (χ0v) is 5.34. The van der Waals surface area contributed by atoms with E-state index in [1.807, 2.05) is 0 Å². The van der Waals surface area contributed by atoms with Gasteiger partial charge in [-0.05, 0) is 6.07 Å². The molecular weight excluding hydrogens is 140 g/mol. The molecule has 0 spiro atoms. The summed E-state index contributed by atoms with van der Waals surface area (Å²) in [4.78, 5) is 3.41. The maximum atomic E-state index is 11.8. The summed E-state index contributed by atoms with van der Waals surface area (Å²) >= 11 is 0. The molecular formula is C6H6F2NO-. The number of aromatic nitrogens is 1. The van der Waals surface area contributed by atoms with Crippen LogP contribution in [0.25, 0.3) is 0 Å². The molecule has 1 rings (SSSR count). The molecule has 0 saturated carbocycles. The first-order valence-electron chi connectivity index (χ1n) is 2.69. The third-order valence-corrected chi connectivity index (χ3v) is 1.09. The molecule has 0 atom stereocenters. The van der Waals surface area contributed by atoms with Crippen molar-refractivity contribution in [3.05, 3.63) is 18.0 Å². The highest BCUT2D eigenvalue weighted by Crippen LogP contribution is 2.20. The second-order valence-corrected chi connectivity index (χ2v) is 1.73. The topological polar surface area (TPSA) is 23.3 Å². The third-order valence-electron chi connectivity index (χ3n) is 1.09. The molecule has 0 bridgehead atoms. The van der Waals surface area contributed by atoms with Crippen LogP contribution in [-0.2, 0) is 0 Å². The zero-order chi connectivity index (χ0) is 7.56. The second kappa shape index (κ2) is 2.68. The summed E-state index contributed by atoms with van der Waals surface area (Å²) in [5, 5.41) is 0. The van der Waals surface area contributed by atoms with E-state index >= 15 is 0 Å². The quantitative estimate of drug-likeness (QED) is 0.632. The first-order valence-corrected chi connectivity index (χ1v) is 2.69.